The summed E-state index contributed by atoms with van der Waals surface area (Å²) in [6, 6.07) is 0. The molecule has 4 rings (SSSR count). The van der Waals surface area contributed by atoms with Gasteiger partial charge in [-0.1, -0.05) is 25.5 Å². The Morgan fingerprint density at radius 2 is 1.91 bits per heavy atom. The lowest BCUT2D eigenvalue weighted by molar-refractivity contribution is -0.0371. The molecule has 4 N–H and O–H groups in total. The van der Waals surface area contributed by atoms with Gasteiger partial charge in [0.15, 0.2) is 0 Å². The summed E-state index contributed by atoms with van der Waals surface area (Å²) in [5, 5.41) is 41.8. The van der Waals surface area contributed by atoms with Crippen molar-refractivity contribution in [2.24, 2.45) is 22.7 Å². The van der Waals surface area contributed by atoms with Crippen LogP contribution >= 0.6 is 11.8 Å². The monoisotopic (exact) mass is 340 g/mol. The lowest BCUT2D eigenvalue weighted by Crippen LogP contribution is -2.57. The predicted molar refractivity (Wildman–Crippen MR) is 90.0 cm³/mol. The van der Waals surface area contributed by atoms with Crippen LogP contribution in [0.15, 0.2) is 11.6 Å². The molecule has 23 heavy (non-hydrogen) atoms. The van der Waals surface area contributed by atoms with Crippen LogP contribution in [0.2, 0.25) is 0 Å². The molecule has 9 atom stereocenters. The maximum absolute atomic E-state index is 10.8. The summed E-state index contributed by atoms with van der Waals surface area (Å²) in [4.78, 5) is 0. The average Bonchev–Trinajstić information content (AvgIpc) is 2.73. The summed E-state index contributed by atoms with van der Waals surface area (Å²) in [7, 11) is 0. The molecule has 2 saturated carbocycles. The molecular formula is C18H28O4S. The van der Waals surface area contributed by atoms with Crippen LogP contribution in [0.3, 0.4) is 0 Å². The van der Waals surface area contributed by atoms with Gasteiger partial charge in [0.2, 0.25) is 0 Å². The smallest absolute Gasteiger partial charge is 0.0863 e. The number of thioether (sulfide) groups is 1. The molecule has 0 radical (unpaired) electrons. The molecule has 4 nitrogen and oxygen atoms in total. The van der Waals surface area contributed by atoms with E-state index in [4.69, 9.17) is 0 Å². The fraction of sp³-hybridized carbons (Fsp3) is 0.889. The third-order valence-corrected chi connectivity index (χ3v) is 9.33. The van der Waals surface area contributed by atoms with E-state index in [1.165, 1.54) is 5.57 Å². The number of aliphatic hydroxyl groups is 4. The van der Waals surface area contributed by atoms with Crippen molar-refractivity contribution in [2.45, 2.75) is 69.2 Å². The molecule has 0 aromatic heterocycles. The number of fused-ring (bicyclic) bond motifs is 5. The SMILES string of the molecule is C[C@]12CC[C@H](O)CC1=C[C@H](O)C1C2SC[C@@]2(C)C1C[C@@H](O)[C@@H]2O. The van der Waals surface area contributed by atoms with Crippen LogP contribution < -0.4 is 0 Å². The van der Waals surface area contributed by atoms with Crippen molar-refractivity contribution in [1.29, 1.82) is 0 Å². The van der Waals surface area contributed by atoms with Gasteiger partial charge < -0.3 is 20.4 Å². The first kappa shape index (κ1) is 16.4. The molecule has 4 aliphatic rings. The Bertz CT molecular complexity index is 537. The highest BCUT2D eigenvalue weighted by molar-refractivity contribution is 8.00. The summed E-state index contributed by atoms with van der Waals surface area (Å²) in [5.74, 6) is 1.06. The highest BCUT2D eigenvalue weighted by Crippen LogP contribution is 2.63. The van der Waals surface area contributed by atoms with E-state index >= 15 is 0 Å². The van der Waals surface area contributed by atoms with E-state index in [2.05, 4.69) is 13.8 Å². The zero-order valence-electron chi connectivity index (χ0n) is 13.9. The molecule has 3 fully saturated rings. The molecule has 0 amide bonds. The van der Waals surface area contributed by atoms with Gasteiger partial charge in [0, 0.05) is 27.8 Å². The molecule has 0 aromatic rings. The van der Waals surface area contributed by atoms with Crippen molar-refractivity contribution >= 4 is 11.8 Å². The van der Waals surface area contributed by atoms with Gasteiger partial charge in [0.25, 0.3) is 0 Å². The zero-order valence-corrected chi connectivity index (χ0v) is 14.7. The first-order valence-corrected chi connectivity index (χ1v) is 9.87. The molecule has 1 saturated heterocycles. The van der Waals surface area contributed by atoms with Gasteiger partial charge in [-0.25, -0.2) is 0 Å². The molecule has 130 valence electrons. The van der Waals surface area contributed by atoms with Crippen LogP contribution in [-0.4, -0.2) is 55.8 Å². The number of hydrogen-bond acceptors (Lipinski definition) is 5. The summed E-state index contributed by atoms with van der Waals surface area (Å²) >= 11 is 1.86. The lowest BCUT2D eigenvalue weighted by atomic mass is 9.57. The minimum Gasteiger partial charge on any atom is -0.393 e. The molecule has 0 spiro atoms. The van der Waals surface area contributed by atoms with Crippen molar-refractivity contribution < 1.29 is 20.4 Å². The second kappa shape index (κ2) is 5.21. The number of rotatable bonds is 0. The van der Waals surface area contributed by atoms with Gasteiger partial charge >= 0.3 is 0 Å². The van der Waals surface area contributed by atoms with Crippen molar-refractivity contribution in [3.8, 4) is 0 Å². The predicted octanol–water partition coefficient (Wildman–Crippen LogP) is 1.32. The van der Waals surface area contributed by atoms with Crippen molar-refractivity contribution in [1.82, 2.24) is 0 Å². The first-order valence-electron chi connectivity index (χ1n) is 8.82. The standard InChI is InChI=1S/C18H28O4S/c1-17-4-3-10(19)5-9(17)6-12(20)14-11-7-13(21)15(22)18(11,2)8-23-16(14)17/h6,10-16,19-22H,3-5,7-8H2,1-2H3/t10-,11?,12-,13+,14?,15-,16?,17-,18-/m0/s1. The topological polar surface area (TPSA) is 80.9 Å². The Balaban J connectivity index is 1.73. The molecule has 0 aromatic carbocycles. The summed E-state index contributed by atoms with van der Waals surface area (Å²) < 4.78 is 0. The average molecular weight is 340 g/mol. The molecule has 1 aliphatic heterocycles. The molecular weight excluding hydrogens is 312 g/mol. The second-order valence-electron chi connectivity index (χ2n) is 8.67. The van der Waals surface area contributed by atoms with Gasteiger partial charge in [0.1, 0.15) is 0 Å². The second-order valence-corrected chi connectivity index (χ2v) is 9.80. The lowest BCUT2D eigenvalue weighted by Gasteiger charge is -2.58. The van der Waals surface area contributed by atoms with Gasteiger partial charge in [-0.2, -0.15) is 11.8 Å². The van der Waals surface area contributed by atoms with Crippen molar-refractivity contribution in [3.63, 3.8) is 0 Å². The van der Waals surface area contributed by atoms with E-state index in [0.29, 0.717) is 18.1 Å². The molecule has 5 heteroatoms. The van der Waals surface area contributed by atoms with Gasteiger partial charge in [-0.15, -0.1) is 0 Å². The third-order valence-electron chi connectivity index (χ3n) is 7.35. The van der Waals surface area contributed by atoms with E-state index in [0.717, 1.165) is 18.6 Å². The van der Waals surface area contributed by atoms with E-state index in [9.17, 15) is 20.4 Å². The summed E-state index contributed by atoms with van der Waals surface area (Å²) in [5.41, 5.74) is 0.913. The van der Waals surface area contributed by atoms with Crippen LogP contribution in [0.4, 0.5) is 0 Å². The maximum atomic E-state index is 10.8. The Kier molecular flexibility index (Phi) is 3.72. The molecule has 3 unspecified atom stereocenters. The van der Waals surface area contributed by atoms with Crippen molar-refractivity contribution in [2.75, 3.05) is 5.75 Å². The largest absolute Gasteiger partial charge is 0.393 e. The molecule has 0 bridgehead atoms. The van der Waals surface area contributed by atoms with Gasteiger partial charge in [-0.05, 0) is 31.6 Å². The maximum Gasteiger partial charge on any atom is 0.0863 e. The Morgan fingerprint density at radius 3 is 2.65 bits per heavy atom. The summed E-state index contributed by atoms with van der Waals surface area (Å²) in [6.45, 7) is 4.35. The van der Waals surface area contributed by atoms with E-state index in [1.54, 1.807) is 0 Å². The van der Waals surface area contributed by atoms with Crippen LogP contribution in [0.1, 0.15) is 39.5 Å². The fourth-order valence-corrected chi connectivity index (χ4v) is 7.97. The van der Waals surface area contributed by atoms with Gasteiger partial charge in [-0.3, -0.25) is 0 Å². The van der Waals surface area contributed by atoms with Crippen LogP contribution in [0, 0.1) is 22.7 Å². The quantitative estimate of drug-likeness (QED) is 0.500. The van der Waals surface area contributed by atoms with E-state index in [-0.39, 0.29) is 28.8 Å². The van der Waals surface area contributed by atoms with E-state index in [1.807, 2.05) is 17.8 Å². The highest BCUT2D eigenvalue weighted by atomic mass is 32.2. The normalized spacial score (nSPS) is 58.9. The minimum absolute atomic E-state index is 0.0214. The number of aliphatic hydroxyl groups excluding tert-OH is 4. The first-order chi connectivity index (χ1) is 10.8. The fourth-order valence-electron chi connectivity index (χ4n) is 5.84. The zero-order chi connectivity index (χ0) is 16.6. The van der Waals surface area contributed by atoms with Crippen molar-refractivity contribution in [3.05, 3.63) is 11.6 Å². The molecule has 3 aliphatic carbocycles. The molecule has 1 heterocycles. The Morgan fingerprint density at radius 1 is 1.17 bits per heavy atom. The third kappa shape index (κ3) is 2.13. The van der Waals surface area contributed by atoms with Gasteiger partial charge in [0.05, 0.1) is 24.4 Å². The van der Waals surface area contributed by atoms with E-state index < -0.39 is 18.3 Å². The van der Waals surface area contributed by atoms with Crippen LogP contribution in [0.5, 0.6) is 0 Å². The summed E-state index contributed by atoms with van der Waals surface area (Å²) in [6.07, 6.45) is 2.81. The number of hydrogen-bond donors (Lipinski definition) is 4. The Hall–Kier alpha value is -0.0700. The Labute approximate surface area is 142 Å². The minimum atomic E-state index is -0.695. The highest BCUT2D eigenvalue weighted by Gasteiger charge is 2.63. The van der Waals surface area contributed by atoms with Crippen LogP contribution in [-0.2, 0) is 0 Å². The van der Waals surface area contributed by atoms with Crippen LogP contribution in [0.25, 0.3) is 0 Å².